The van der Waals surface area contributed by atoms with E-state index in [4.69, 9.17) is 16.3 Å². The number of aliphatic hydroxyl groups is 1. The molecule has 5 aromatic rings. The Balaban J connectivity index is 1.36. The number of aromatic nitrogens is 5. The number of carbonyl (C=O) groups is 1. The first kappa shape index (κ1) is 31.1. The van der Waals surface area contributed by atoms with E-state index in [9.17, 15) is 23.8 Å². The number of benzene rings is 2. The van der Waals surface area contributed by atoms with Gasteiger partial charge < -0.3 is 20.3 Å². The van der Waals surface area contributed by atoms with Crippen LogP contribution in [0.25, 0.3) is 33.4 Å². The fourth-order valence-corrected chi connectivity index (χ4v) is 5.81. The van der Waals surface area contributed by atoms with Crippen LogP contribution in [0.4, 0.5) is 20.3 Å². The minimum atomic E-state index is -2.90. The number of ether oxygens (including phenoxy) is 1. The molecular formula is C32H28ClF2N7O4. The number of aliphatic hydroxyl groups excluding tert-OH is 1. The van der Waals surface area contributed by atoms with Crippen molar-refractivity contribution in [3.63, 3.8) is 0 Å². The molecule has 3 aromatic heterocycles. The molecule has 0 aliphatic carbocycles. The summed E-state index contributed by atoms with van der Waals surface area (Å²) >= 11 is 6.90. The van der Waals surface area contributed by atoms with Crippen LogP contribution in [0.15, 0.2) is 54.9 Å². The molecule has 0 radical (unpaired) electrons. The lowest BCUT2D eigenvalue weighted by Crippen LogP contribution is -2.21. The predicted octanol–water partition coefficient (Wildman–Crippen LogP) is 6.07. The Labute approximate surface area is 266 Å². The highest BCUT2D eigenvalue weighted by Crippen LogP contribution is 2.40. The average Bonchev–Trinajstić information content (AvgIpc) is 3.45. The molecule has 0 bridgehead atoms. The number of halogens is 3. The van der Waals surface area contributed by atoms with Crippen LogP contribution in [0.1, 0.15) is 40.3 Å². The van der Waals surface area contributed by atoms with E-state index in [2.05, 4.69) is 35.1 Å². The van der Waals surface area contributed by atoms with Gasteiger partial charge in [-0.15, -0.1) is 0 Å². The molecule has 4 heterocycles. The van der Waals surface area contributed by atoms with Crippen molar-refractivity contribution in [1.82, 2.24) is 29.8 Å². The molecule has 0 amide bonds. The van der Waals surface area contributed by atoms with Crippen molar-refractivity contribution in [2.24, 2.45) is 0 Å². The smallest absolute Gasteiger partial charge is 0.360 e. The largest absolute Gasteiger partial charge is 0.479 e. The Kier molecular flexibility index (Phi) is 8.71. The van der Waals surface area contributed by atoms with Gasteiger partial charge in [0, 0.05) is 42.6 Å². The number of rotatable bonds is 9. The molecule has 46 heavy (non-hydrogen) atoms. The number of anilines is 2. The van der Waals surface area contributed by atoms with Crippen LogP contribution in [0.5, 0.6) is 5.88 Å². The molecular weight excluding hydrogens is 620 g/mol. The Hall–Kier alpha value is -4.85. The summed E-state index contributed by atoms with van der Waals surface area (Å²) in [6.45, 7) is 3.65. The number of fused-ring (bicyclic) bond motifs is 1. The van der Waals surface area contributed by atoms with E-state index in [0.29, 0.717) is 52.6 Å². The van der Waals surface area contributed by atoms with Gasteiger partial charge in [0.1, 0.15) is 5.52 Å². The number of hydrogen-bond acceptors (Lipinski definition) is 10. The van der Waals surface area contributed by atoms with Crippen LogP contribution in [0.3, 0.4) is 0 Å². The quantitative estimate of drug-likeness (QED) is 0.171. The minimum absolute atomic E-state index is 0.129. The molecule has 1 aliphatic rings. The number of β-amino-alcohol motifs (C(OH)–C–C–N with tert-alkyl or cyclic N) is 1. The molecule has 1 aliphatic heterocycles. The summed E-state index contributed by atoms with van der Waals surface area (Å²) in [5, 5.41) is 22.8. The number of hydrogen-bond donors (Lipinski definition) is 3. The van der Waals surface area contributed by atoms with E-state index in [0.717, 1.165) is 23.2 Å². The van der Waals surface area contributed by atoms with Gasteiger partial charge in [-0.25, -0.2) is 33.5 Å². The van der Waals surface area contributed by atoms with Crippen LogP contribution in [-0.4, -0.2) is 72.3 Å². The van der Waals surface area contributed by atoms with Crippen molar-refractivity contribution in [2.75, 3.05) is 25.5 Å². The summed E-state index contributed by atoms with van der Waals surface area (Å²) in [6.07, 6.45) is 0.386. The Morgan fingerprint density at radius 2 is 1.87 bits per heavy atom. The lowest BCUT2D eigenvalue weighted by atomic mass is 9.96. The van der Waals surface area contributed by atoms with Crippen molar-refractivity contribution < 1.29 is 28.5 Å². The molecule has 0 unspecified atom stereocenters. The second kappa shape index (κ2) is 12.9. The van der Waals surface area contributed by atoms with Gasteiger partial charge in [-0.3, -0.25) is 9.88 Å². The second-order valence-electron chi connectivity index (χ2n) is 10.8. The zero-order chi connectivity index (χ0) is 32.5. The van der Waals surface area contributed by atoms with Crippen LogP contribution in [0, 0.1) is 6.92 Å². The number of likely N-dealkylation sites (tertiary alicyclic amines) is 1. The number of aromatic carboxylic acids is 1. The van der Waals surface area contributed by atoms with E-state index in [1.807, 2.05) is 19.1 Å². The maximum Gasteiger partial charge on any atom is 0.360 e. The Morgan fingerprint density at radius 3 is 2.59 bits per heavy atom. The van der Waals surface area contributed by atoms with Gasteiger partial charge in [0.25, 0.3) is 6.43 Å². The number of carboxylic acid groups (broad SMARTS) is 1. The van der Waals surface area contributed by atoms with Gasteiger partial charge >= 0.3 is 5.97 Å². The zero-order valence-electron chi connectivity index (χ0n) is 24.7. The van der Waals surface area contributed by atoms with E-state index in [1.165, 1.54) is 13.3 Å². The van der Waals surface area contributed by atoms with Crippen molar-refractivity contribution in [3.8, 4) is 28.3 Å². The third-order valence-corrected chi connectivity index (χ3v) is 8.15. The summed E-state index contributed by atoms with van der Waals surface area (Å²) in [4.78, 5) is 34.6. The molecule has 6 rings (SSSR count). The number of nitrogens with zero attached hydrogens (tertiary/aromatic N) is 6. The highest BCUT2D eigenvalue weighted by Gasteiger charge is 2.23. The first-order valence-corrected chi connectivity index (χ1v) is 14.7. The molecule has 11 nitrogen and oxygen atoms in total. The molecule has 1 saturated heterocycles. The van der Waals surface area contributed by atoms with Crippen LogP contribution in [0.2, 0.25) is 5.02 Å². The van der Waals surface area contributed by atoms with Crippen LogP contribution >= 0.6 is 11.6 Å². The number of pyridine rings is 1. The molecule has 236 valence electrons. The second-order valence-corrected chi connectivity index (χ2v) is 11.2. The summed E-state index contributed by atoms with van der Waals surface area (Å²) < 4.78 is 33.0. The number of carboxylic acids is 1. The Morgan fingerprint density at radius 1 is 1.11 bits per heavy atom. The fourth-order valence-electron chi connectivity index (χ4n) is 5.48. The minimum Gasteiger partial charge on any atom is -0.479 e. The van der Waals surface area contributed by atoms with Gasteiger partial charge in [-0.05, 0) is 42.2 Å². The molecule has 1 fully saturated rings. The molecule has 2 aromatic carbocycles. The van der Waals surface area contributed by atoms with Crippen molar-refractivity contribution >= 4 is 40.1 Å². The van der Waals surface area contributed by atoms with Gasteiger partial charge in [0.15, 0.2) is 11.6 Å². The summed E-state index contributed by atoms with van der Waals surface area (Å²) in [5.74, 6) is -1.92. The third kappa shape index (κ3) is 6.16. The van der Waals surface area contributed by atoms with Crippen LogP contribution in [-0.2, 0) is 6.54 Å². The molecule has 14 heteroatoms. The molecule has 1 atom stereocenters. The predicted molar refractivity (Wildman–Crippen MR) is 168 cm³/mol. The van der Waals surface area contributed by atoms with Gasteiger partial charge in [-0.1, -0.05) is 41.9 Å². The average molecular weight is 648 g/mol. The van der Waals surface area contributed by atoms with Crippen LogP contribution < -0.4 is 10.1 Å². The highest BCUT2D eigenvalue weighted by molar-refractivity contribution is 6.36. The zero-order valence-corrected chi connectivity index (χ0v) is 25.5. The van der Waals surface area contributed by atoms with Crippen molar-refractivity contribution in [2.45, 2.75) is 32.4 Å². The van der Waals surface area contributed by atoms with Gasteiger partial charge in [0.2, 0.25) is 11.6 Å². The first-order valence-electron chi connectivity index (χ1n) is 14.3. The van der Waals surface area contributed by atoms with E-state index in [-0.39, 0.29) is 29.0 Å². The summed E-state index contributed by atoms with van der Waals surface area (Å²) in [7, 11) is 1.31. The topological polar surface area (TPSA) is 146 Å². The lowest BCUT2D eigenvalue weighted by molar-refractivity contribution is 0.0685. The third-order valence-electron chi connectivity index (χ3n) is 7.75. The van der Waals surface area contributed by atoms with E-state index < -0.39 is 18.2 Å². The number of nitrogens with one attached hydrogen (secondary N) is 1. The molecule has 0 saturated carbocycles. The van der Waals surface area contributed by atoms with E-state index >= 15 is 0 Å². The molecule has 0 spiro atoms. The monoisotopic (exact) mass is 647 g/mol. The normalized spacial score (nSPS) is 15.1. The maximum absolute atomic E-state index is 13.9. The Bertz CT molecular complexity index is 1960. The van der Waals surface area contributed by atoms with Crippen molar-refractivity contribution in [1.29, 1.82) is 0 Å². The SMILES string of the molecule is COc1nc(-c2cccc(-c3cccc(Nc4nc(C(F)F)nc5cc(CN6CC[C@@H](O)C6)cnc45)c3C)c2Cl)cnc1C(=O)O. The van der Waals surface area contributed by atoms with Crippen molar-refractivity contribution in [3.05, 3.63) is 82.5 Å². The van der Waals surface area contributed by atoms with E-state index in [1.54, 1.807) is 36.5 Å². The fraction of sp³-hybridized carbons (Fsp3) is 0.250. The molecule has 3 N–H and O–H groups in total. The maximum atomic E-state index is 13.9. The van der Waals surface area contributed by atoms with Gasteiger partial charge in [0.05, 0.1) is 35.6 Å². The standard InChI is InChI=1S/C32H28ClF2N7O4/c1-16-19(20-6-3-7-21(25(20)33)24-13-37-27(32(44)45)31(40-24)46-2)5-4-8-22(16)38-29-26-23(39-30(41-29)28(34)35)11-17(12-36-26)14-42-10-9-18(43)15-42/h3-8,11-13,18,28,43H,9-10,14-15H2,1-2H3,(H,44,45)(H,38,39,41)/t18-/m1/s1. The lowest BCUT2D eigenvalue weighted by Gasteiger charge is -2.17. The number of methoxy groups -OCH3 is 1. The highest BCUT2D eigenvalue weighted by atomic mass is 35.5. The summed E-state index contributed by atoms with van der Waals surface area (Å²) in [6, 6.07) is 12.5. The summed E-state index contributed by atoms with van der Waals surface area (Å²) in [5.41, 5.74) is 4.64. The first-order chi connectivity index (χ1) is 22.1. The number of alkyl halides is 2. The van der Waals surface area contributed by atoms with Gasteiger partial charge in [-0.2, -0.15) is 0 Å².